The molecule has 1 aliphatic rings. The number of carbonyl (C=O) groups is 2. The Morgan fingerprint density at radius 2 is 1.89 bits per heavy atom. The topological polar surface area (TPSA) is 104 Å². The zero-order valence-corrected chi connectivity index (χ0v) is 20.4. The molecule has 0 aliphatic carbocycles. The van der Waals surface area contributed by atoms with Crippen molar-refractivity contribution >= 4 is 28.5 Å². The van der Waals surface area contributed by atoms with Gasteiger partial charge in [0.2, 0.25) is 5.91 Å². The zero-order chi connectivity index (χ0) is 26.8. The summed E-state index contributed by atoms with van der Waals surface area (Å²) in [6, 6.07) is 9.86. The Morgan fingerprint density at radius 3 is 2.54 bits per heavy atom. The van der Waals surface area contributed by atoms with Gasteiger partial charge in [-0.3, -0.25) is 9.69 Å². The second-order valence-corrected chi connectivity index (χ2v) is 8.94. The Bertz CT molecular complexity index is 1300. The largest absolute Gasteiger partial charge is 0.497 e. The fourth-order valence-electron chi connectivity index (χ4n) is 4.52. The number of piperidine rings is 1. The number of benzene rings is 2. The van der Waals surface area contributed by atoms with Crippen LogP contribution >= 0.6 is 0 Å². The van der Waals surface area contributed by atoms with Crippen LogP contribution in [0.1, 0.15) is 41.4 Å². The Morgan fingerprint density at radius 1 is 1.16 bits per heavy atom. The number of aliphatic hydroxyl groups is 1. The summed E-state index contributed by atoms with van der Waals surface area (Å²) in [5.41, 5.74) is -1.03. The number of aromatic amines is 1. The minimum atomic E-state index is -4.50. The number of methoxy groups -OCH3 is 1. The molecule has 1 fully saturated rings. The molecule has 1 aliphatic heterocycles. The van der Waals surface area contributed by atoms with Crippen molar-refractivity contribution in [3.8, 4) is 5.75 Å². The molecule has 0 unspecified atom stereocenters. The number of aromatic nitrogens is 1. The molecule has 1 aromatic heterocycles. The summed E-state index contributed by atoms with van der Waals surface area (Å²) in [4.78, 5) is 30.3. The van der Waals surface area contributed by atoms with Crippen LogP contribution in [0.4, 0.5) is 18.9 Å². The van der Waals surface area contributed by atoms with E-state index in [1.807, 2.05) is 0 Å². The molecule has 1 amide bonds. The molecule has 8 nitrogen and oxygen atoms in total. The number of nitrogens with one attached hydrogen (secondary N) is 2. The van der Waals surface area contributed by atoms with Crippen LogP contribution in [0.3, 0.4) is 0 Å². The first-order valence-corrected chi connectivity index (χ1v) is 11.8. The van der Waals surface area contributed by atoms with E-state index in [1.165, 1.54) is 19.2 Å². The van der Waals surface area contributed by atoms with Crippen LogP contribution in [-0.2, 0) is 21.3 Å². The molecule has 0 spiro atoms. The van der Waals surface area contributed by atoms with Gasteiger partial charge in [-0.2, -0.15) is 13.2 Å². The third kappa shape index (κ3) is 5.72. The lowest BCUT2D eigenvalue weighted by atomic mass is 9.83. The summed E-state index contributed by atoms with van der Waals surface area (Å²) in [5.74, 6) is -0.460. The number of rotatable bonds is 7. The first-order valence-electron chi connectivity index (χ1n) is 11.8. The first-order chi connectivity index (χ1) is 17.5. The van der Waals surface area contributed by atoms with E-state index in [1.54, 1.807) is 30.0 Å². The number of fused-ring (bicyclic) bond motifs is 1. The van der Waals surface area contributed by atoms with Gasteiger partial charge in [-0.1, -0.05) is 12.1 Å². The van der Waals surface area contributed by atoms with Crippen molar-refractivity contribution in [2.24, 2.45) is 0 Å². The van der Waals surface area contributed by atoms with Crippen LogP contribution < -0.4 is 10.1 Å². The number of esters is 1. The van der Waals surface area contributed by atoms with Crippen LogP contribution in [0.2, 0.25) is 0 Å². The molecule has 0 saturated carbocycles. The Labute approximate surface area is 211 Å². The lowest BCUT2D eigenvalue weighted by molar-refractivity contribution is -0.137. The highest BCUT2D eigenvalue weighted by atomic mass is 19.4. The van der Waals surface area contributed by atoms with Crippen LogP contribution in [0, 0.1) is 0 Å². The van der Waals surface area contributed by atoms with Crippen LogP contribution in [0.5, 0.6) is 5.75 Å². The lowest BCUT2D eigenvalue weighted by Gasteiger charge is -2.38. The molecule has 37 heavy (non-hydrogen) atoms. The Hall–Kier alpha value is -3.57. The van der Waals surface area contributed by atoms with Gasteiger partial charge in [0.05, 0.1) is 37.1 Å². The standard InChI is InChI=1S/C26H28F3N3O5/c1-3-37-24(34)23-22(19-14-18(36-2)7-8-20(19)30-23)31-21(33)15-32-11-9-25(35,10-12-32)16-5-4-6-17(13-16)26(27,28)29/h4-8,13-14,30,35H,3,9-12,15H2,1-2H3,(H,31,33). The van der Waals surface area contributed by atoms with E-state index in [0.29, 0.717) is 29.7 Å². The van der Waals surface area contributed by atoms with Crippen molar-refractivity contribution in [2.45, 2.75) is 31.5 Å². The van der Waals surface area contributed by atoms with E-state index in [4.69, 9.17) is 9.47 Å². The highest BCUT2D eigenvalue weighted by Crippen LogP contribution is 2.37. The quantitative estimate of drug-likeness (QED) is 0.403. The number of halogens is 3. The number of likely N-dealkylation sites (tertiary alicyclic amines) is 1. The van der Waals surface area contributed by atoms with E-state index in [2.05, 4.69) is 10.3 Å². The average molecular weight is 520 g/mol. The van der Waals surface area contributed by atoms with Crippen molar-refractivity contribution in [2.75, 3.05) is 38.7 Å². The number of hydrogen-bond donors (Lipinski definition) is 3. The molecule has 0 bridgehead atoms. The minimum absolute atomic E-state index is 0.0302. The smallest absolute Gasteiger partial charge is 0.416 e. The highest BCUT2D eigenvalue weighted by molar-refractivity contribution is 6.11. The maximum Gasteiger partial charge on any atom is 0.416 e. The number of anilines is 1. The molecule has 2 aromatic carbocycles. The Balaban J connectivity index is 1.46. The Kier molecular flexibility index (Phi) is 7.47. The fraction of sp³-hybridized carbons (Fsp3) is 0.385. The van der Waals surface area contributed by atoms with Crippen LogP contribution in [0.15, 0.2) is 42.5 Å². The number of carbonyl (C=O) groups excluding carboxylic acids is 2. The van der Waals surface area contributed by atoms with Gasteiger partial charge in [0.1, 0.15) is 11.4 Å². The molecule has 2 heterocycles. The second kappa shape index (κ2) is 10.4. The van der Waals surface area contributed by atoms with E-state index in [0.717, 1.165) is 12.1 Å². The number of H-pyrrole nitrogens is 1. The lowest BCUT2D eigenvalue weighted by Crippen LogP contribution is -2.45. The minimum Gasteiger partial charge on any atom is -0.497 e. The molecule has 4 rings (SSSR count). The molecule has 198 valence electrons. The summed E-state index contributed by atoms with van der Waals surface area (Å²) in [7, 11) is 1.51. The normalized spacial score (nSPS) is 15.9. The second-order valence-electron chi connectivity index (χ2n) is 8.94. The van der Waals surface area contributed by atoms with Gasteiger partial charge in [-0.25, -0.2) is 4.79 Å². The average Bonchev–Trinajstić information content (AvgIpc) is 3.22. The van der Waals surface area contributed by atoms with Crippen LogP contribution in [-0.4, -0.2) is 60.2 Å². The number of ether oxygens (including phenoxy) is 2. The van der Waals surface area contributed by atoms with Gasteiger partial charge in [-0.15, -0.1) is 0 Å². The van der Waals surface area contributed by atoms with Gasteiger partial charge < -0.3 is 24.9 Å². The number of alkyl halides is 3. The summed E-state index contributed by atoms with van der Waals surface area (Å²) < 4.78 is 49.7. The molecule has 0 radical (unpaired) electrons. The molecular formula is C26H28F3N3O5. The summed E-state index contributed by atoms with van der Waals surface area (Å²) in [6.07, 6.45) is -4.17. The van der Waals surface area contributed by atoms with Gasteiger partial charge in [0.15, 0.2) is 0 Å². The third-order valence-electron chi connectivity index (χ3n) is 6.53. The van der Waals surface area contributed by atoms with Crippen LogP contribution in [0.25, 0.3) is 10.9 Å². The van der Waals surface area contributed by atoms with Gasteiger partial charge in [-0.05, 0) is 55.7 Å². The fourth-order valence-corrected chi connectivity index (χ4v) is 4.52. The molecular weight excluding hydrogens is 491 g/mol. The summed E-state index contributed by atoms with van der Waals surface area (Å²) >= 11 is 0. The van der Waals surface area contributed by atoms with Crippen molar-refractivity contribution in [3.05, 3.63) is 59.3 Å². The highest BCUT2D eigenvalue weighted by Gasteiger charge is 2.37. The monoisotopic (exact) mass is 519 g/mol. The van der Waals surface area contributed by atoms with E-state index in [-0.39, 0.29) is 42.9 Å². The number of nitrogens with zero attached hydrogens (tertiary/aromatic N) is 1. The molecule has 3 aromatic rings. The van der Waals surface area contributed by atoms with Crippen molar-refractivity contribution in [3.63, 3.8) is 0 Å². The van der Waals surface area contributed by atoms with Gasteiger partial charge >= 0.3 is 12.1 Å². The third-order valence-corrected chi connectivity index (χ3v) is 6.53. The van der Waals surface area contributed by atoms with Gasteiger partial charge in [0, 0.05) is 24.0 Å². The summed E-state index contributed by atoms with van der Waals surface area (Å²) in [5, 5.41) is 14.4. The molecule has 3 N–H and O–H groups in total. The maximum absolute atomic E-state index is 13.1. The van der Waals surface area contributed by atoms with E-state index >= 15 is 0 Å². The summed E-state index contributed by atoms with van der Waals surface area (Å²) in [6.45, 7) is 2.41. The zero-order valence-electron chi connectivity index (χ0n) is 20.4. The molecule has 0 atom stereocenters. The number of amides is 1. The van der Waals surface area contributed by atoms with Crippen molar-refractivity contribution in [1.29, 1.82) is 0 Å². The maximum atomic E-state index is 13.1. The van der Waals surface area contributed by atoms with Crippen molar-refractivity contribution in [1.82, 2.24) is 9.88 Å². The molecule has 1 saturated heterocycles. The first kappa shape index (κ1) is 26.5. The number of hydrogen-bond acceptors (Lipinski definition) is 6. The predicted octanol–water partition coefficient (Wildman–Crippen LogP) is 4.29. The van der Waals surface area contributed by atoms with Crippen molar-refractivity contribution < 1.29 is 37.3 Å². The van der Waals surface area contributed by atoms with E-state index < -0.39 is 29.2 Å². The molecule has 11 heteroatoms. The predicted molar refractivity (Wildman–Crippen MR) is 130 cm³/mol. The van der Waals surface area contributed by atoms with E-state index in [9.17, 15) is 27.9 Å². The SMILES string of the molecule is CCOC(=O)c1[nH]c2ccc(OC)cc2c1NC(=O)CN1CCC(O)(c2cccc(C(F)(F)F)c2)CC1. The van der Waals surface area contributed by atoms with Gasteiger partial charge in [0.25, 0.3) is 0 Å².